The quantitative estimate of drug-likeness (QED) is 0.347. The first kappa shape index (κ1) is 25.4. The number of amides is 1. The first-order valence-corrected chi connectivity index (χ1v) is 11.1. The minimum atomic E-state index is -0.490. The van der Waals surface area contributed by atoms with Crippen LogP contribution in [0.1, 0.15) is 23.9 Å². The SMILES string of the molecule is CCNC(=O)OCc1cn(CCN(CCO)c2ccc(/C=C/c3cc(OC)nc(N)n3)cc2)nn1. The summed E-state index contributed by atoms with van der Waals surface area (Å²) in [6.07, 6.45) is 4.99. The van der Waals surface area contributed by atoms with Gasteiger partial charge in [0.05, 0.1) is 32.2 Å². The fourth-order valence-electron chi connectivity index (χ4n) is 3.19. The van der Waals surface area contributed by atoms with Crippen LogP contribution in [0.2, 0.25) is 0 Å². The summed E-state index contributed by atoms with van der Waals surface area (Å²) in [4.78, 5) is 21.6. The molecule has 0 aliphatic carbocycles. The van der Waals surface area contributed by atoms with Crippen molar-refractivity contribution in [1.29, 1.82) is 0 Å². The van der Waals surface area contributed by atoms with Crippen LogP contribution in [0.15, 0.2) is 36.5 Å². The highest BCUT2D eigenvalue weighted by atomic mass is 16.5. The molecule has 3 aromatic rings. The van der Waals surface area contributed by atoms with E-state index in [2.05, 4.69) is 30.5 Å². The van der Waals surface area contributed by atoms with Crippen molar-refractivity contribution in [1.82, 2.24) is 30.3 Å². The monoisotopic (exact) mass is 482 g/mol. The Kier molecular flexibility index (Phi) is 9.37. The number of nitrogens with one attached hydrogen (secondary N) is 1. The van der Waals surface area contributed by atoms with Crippen molar-refractivity contribution < 1.29 is 19.4 Å². The van der Waals surface area contributed by atoms with Gasteiger partial charge in [0.2, 0.25) is 11.8 Å². The van der Waals surface area contributed by atoms with Crippen LogP contribution < -0.4 is 20.7 Å². The average Bonchev–Trinajstić information content (AvgIpc) is 3.32. The number of nitrogen functional groups attached to an aromatic ring is 1. The third kappa shape index (κ3) is 7.96. The first-order chi connectivity index (χ1) is 17.0. The predicted octanol–water partition coefficient (Wildman–Crippen LogP) is 1.57. The maximum atomic E-state index is 11.4. The Labute approximate surface area is 203 Å². The van der Waals surface area contributed by atoms with E-state index in [0.717, 1.165) is 11.3 Å². The molecular weight excluding hydrogens is 452 g/mol. The second-order valence-corrected chi connectivity index (χ2v) is 7.41. The molecule has 0 saturated heterocycles. The Balaban J connectivity index is 1.58. The van der Waals surface area contributed by atoms with Crippen LogP contribution in [0.3, 0.4) is 0 Å². The number of ether oxygens (including phenoxy) is 2. The average molecular weight is 483 g/mol. The Morgan fingerprint density at radius 1 is 1.23 bits per heavy atom. The van der Waals surface area contributed by atoms with Crippen molar-refractivity contribution >= 4 is 29.9 Å². The second kappa shape index (κ2) is 12.9. The van der Waals surface area contributed by atoms with Gasteiger partial charge in [0.15, 0.2) is 0 Å². The van der Waals surface area contributed by atoms with Gasteiger partial charge in [-0.2, -0.15) is 4.98 Å². The predicted molar refractivity (Wildman–Crippen MR) is 132 cm³/mol. The lowest BCUT2D eigenvalue weighted by Gasteiger charge is -2.24. The zero-order chi connectivity index (χ0) is 25.0. The molecule has 0 bridgehead atoms. The standard InChI is InChI=1S/C23H30N8O4/c1-3-25-23(33)35-16-19-15-31(29-28-19)11-10-30(12-13-32)20-8-5-17(6-9-20)4-7-18-14-21(34-2)27-22(24)26-18/h4-9,14-15,32H,3,10-13,16H2,1-2H3,(H,25,33)(H2,24,26,27)/b7-4+. The molecule has 0 aliphatic rings. The summed E-state index contributed by atoms with van der Waals surface area (Å²) >= 11 is 0. The number of carbonyl (C=O) groups is 1. The smallest absolute Gasteiger partial charge is 0.407 e. The lowest BCUT2D eigenvalue weighted by atomic mass is 10.1. The number of rotatable bonds is 12. The maximum absolute atomic E-state index is 11.4. The summed E-state index contributed by atoms with van der Waals surface area (Å²) in [5.41, 5.74) is 8.84. The second-order valence-electron chi connectivity index (χ2n) is 7.41. The molecule has 0 aliphatic heterocycles. The number of carbonyl (C=O) groups excluding carboxylic acids is 1. The van der Waals surface area contributed by atoms with Crippen molar-refractivity contribution in [2.45, 2.75) is 20.1 Å². The lowest BCUT2D eigenvalue weighted by molar-refractivity contribution is 0.139. The van der Waals surface area contributed by atoms with Gasteiger partial charge in [-0.15, -0.1) is 5.10 Å². The van der Waals surface area contributed by atoms with Crippen molar-refractivity contribution in [3.8, 4) is 5.88 Å². The van der Waals surface area contributed by atoms with E-state index in [0.29, 0.717) is 43.4 Å². The molecule has 0 saturated carbocycles. The number of nitrogens with two attached hydrogens (primary N) is 1. The molecule has 0 atom stereocenters. The van der Waals surface area contributed by atoms with E-state index in [9.17, 15) is 9.90 Å². The van der Waals surface area contributed by atoms with Crippen molar-refractivity contribution in [3.05, 3.63) is 53.5 Å². The van der Waals surface area contributed by atoms with Gasteiger partial charge in [-0.1, -0.05) is 23.4 Å². The Hall–Kier alpha value is -4.19. The molecule has 0 fully saturated rings. The summed E-state index contributed by atoms with van der Waals surface area (Å²) in [7, 11) is 1.52. The molecule has 1 amide bonds. The molecule has 1 aromatic carbocycles. The van der Waals surface area contributed by atoms with E-state index in [4.69, 9.17) is 15.2 Å². The topological polar surface area (TPSA) is 154 Å². The van der Waals surface area contributed by atoms with Crippen LogP contribution in [0.25, 0.3) is 12.2 Å². The van der Waals surface area contributed by atoms with Gasteiger partial charge in [-0.3, -0.25) is 4.68 Å². The highest BCUT2D eigenvalue weighted by Crippen LogP contribution is 2.18. The minimum absolute atomic E-state index is 0.0155. The number of aromatic nitrogens is 5. The molecule has 2 aromatic heterocycles. The number of benzene rings is 1. The number of anilines is 2. The third-order valence-corrected chi connectivity index (χ3v) is 4.88. The van der Waals surface area contributed by atoms with E-state index in [1.54, 1.807) is 16.9 Å². The maximum Gasteiger partial charge on any atom is 0.407 e. The highest BCUT2D eigenvalue weighted by molar-refractivity contribution is 5.69. The van der Waals surface area contributed by atoms with E-state index in [-0.39, 0.29) is 19.2 Å². The van der Waals surface area contributed by atoms with Crippen LogP contribution in [0.5, 0.6) is 5.88 Å². The lowest BCUT2D eigenvalue weighted by Crippen LogP contribution is -2.30. The first-order valence-electron chi connectivity index (χ1n) is 11.1. The molecule has 12 nitrogen and oxygen atoms in total. The van der Waals surface area contributed by atoms with E-state index in [1.165, 1.54) is 7.11 Å². The van der Waals surface area contributed by atoms with Gasteiger partial charge in [-0.25, -0.2) is 9.78 Å². The van der Waals surface area contributed by atoms with Crippen molar-refractivity contribution in [2.75, 3.05) is 44.0 Å². The van der Waals surface area contributed by atoms with Gasteiger partial charge in [0.25, 0.3) is 0 Å². The van der Waals surface area contributed by atoms with E-state index < -0.39 is 6.09 Å². The van der Waals surface area contributed by atoms with Crippen LogP contribution >= 0.6 is 0 Å². The number of alkyl carbamates (subject to hydrolysis) is 1. The van der Waals surface area contributed by atoms with Crippen LogP contribution in [-0.4, -0.2) is 69.5 Å². The minimum Gasteiger partial charge on any atom is -0.481 e. The molecule has 4 N–H and O–H groups in total. The van der Waals surface area contributed by atoms with Crippen molar-refractivity contribution in [3.63, 3.8) is 0 Å². The Morgan fingerprint density at radius 3 is 2.74 bits per heavy atom. The number of nitrogens with zero attached hydrogens (tertiary/aromatic N) is 6. The van der Waals surface area contributed by atoms with Gasteiger partial charge >= 0.3 is 6.09 Å². The highest BCUT2D eigenvalue weighted by Gasteiger charge is 2.09. The summed E-state index contributed by atoms with van der Waals surface area (Å²) in [5, 5.41) is 20.2. The van der Waals surface area contributed by atoms with Gasteiger partial charge in [0.1, 0.15) is 12.3 Å². The summed E-state index contributed by atoms with van der Waals surface area (Å²) in [5.74, 6) is 0.550. The largest absolute Gasteiger partial charge is 0.481 e. The van der Waals surface area contributed by atoms with Crippen LogP contribution in [0, 0.1) is 0 Å². The Bertz CT molecular complexity index is 1120. The fourth-order valence-corrected chi connectivity index (χ4v) is 3.19. The van der Waals surface area contributed by atoms with E-state index in [1.807, 2.05) is 43.3 Å². The van der Waals surface area contributed by atoms with E-state index >= 15 is 0 Å². The number of hydrogen-bond donors (Lipinski definition) is 3. The summed E-state index contributed by atoms with van der Waals surface area (Å²) in [6, 6.07) is 9.62. The molecule has 3 rings (SSSR count). The molecule has 35 heavy (non-hydrogen) atoms. The number of aliphatic hydroxyl groups is 1. The summed E-state index contributed by atoms with van der Waals surface area (Å²) in [6.45, 7) is 4.00. The van der Waals surface area contributed by atoms with Crippen molar-refractivity contribution in [2.24, 2.45) is 0 Å². The number of aliphatic hydroxyl groups excluding tert-OH is 1. The van der Waals surface area contributed by atoms with Gasteiger partial charge < -0.3 is 30.5 Å². The zero-order valence-corrected chi connectivity index (χ0v) is 19.8. The molecule has 0 spiro atoms. The molecule has 186 valence electrons. The van der Waals surface area contributed by atoms with Gasteiger partial charge in [0, 0.05) is 31.4 Å². The fraction of sp³-hybridized carbons (Fsp3) is 0.348. The van der Waals surface area contributed by atoms with Gasteiger partial charge in [-0.05, 0) is 30.7 Å². The normalized spacial score (nSPS) is 10.9. The molecular formula is C23H30N8O4. The Morgan fingerprint density at radius 2 is 2.03 bits per heavy atom. The number of hydrogen-bond acceptors (Lipinski definition) is 10. The molecule has 12 heteroatoms. The van der Waals surface area contributed by atoms with Crippen LogP contribution in [0.4, 0.5) is 16.4 Å². The third-order valence-electron chi connectivity index (χ3n) is 4.88. The summed E-state index contributed by atoms with van der Waals surface area (Å²) < 4.78 is 11.9. The number of methoxy groups -OCH3 is 1. The zero-order valence-electron chi connectivity index (χ0n) is 19.8. The molecule has 2 heterocycles. The van der Waals surface area contributed by atoms with Crippen LogP contribution in [-0.2, 0) is 17.9 Å². The molecule has 0 unspecified atom stereocenters. The molecule has 0 radical (unpaired) electrons.